The first kappa shape index (κ1) is 67.6. The maximum absolute atomic E-state index is 14.1. The number of aliphatic hydroxyl groups is 2. The quantitative estimate of drug-likeness (QED) is 0.0145. The van der Waals surface area contributed by atoms with Crippen molar-refractivity contribution in [2.75, 3.05) is 37.5 Å². The highest BCUT2D eigenvalue weighted by atomic mass is 32.2. The Hall–Kier alpha value is -6.69. The molecule has 1 aromatic carbocycles. The number of aliphatic hydroxyl groups excluding tert-OH is 2. The van der Waals surface area contributed by atoms with Gasteiger partial charge in [0.05, 0.1) is 18.8 Å². The molecular formula is C51H82N14O13S2. The summed E-state index contributed by atoms with van der Waals surface area (Å²) in [5.41, 5.74) is 18.5. The lowest BCUT2D eigenvalue weighted by atomic mass is 9.99. The third kappa shape index (κ3) is 20.8. The Morgan fingerprint density at radius 3 is 1.95 bits per heavy atom. The molecule has 11 atom stereocenters. The Balaban J connectivity index is 1.72. The van der Waals surface area contributed by atoms with E-state index in [4.69, 9.17) is 17.2 Å². The number of nitrogens with two attached hydrogens (primary N) is 3. The van der Waals surface area contributed by atoms with Gasteiger partial charge in [-0.1, -0.05) is 45.9 Å². The second-order valence-electron chi connectivity index (χ2n) is 20.4. The molecule has 0 saturated carbocycles. The number of guanidine groups is 1. The van der Waals surface area contributed by atoms with E-state index in [0.717, 1.165) is 10.9 Å². The number of H-pyrrole nitrogens is 1. The van der Waals surface area contributed by atoms with Gasteiger partial charge >= 0.3 is 5.97 Å². The lowest BCUT2D eigenvalue weighted by Crippen LogP contribution is -2.61. The van der Waals surface area contributed by atoms with Crippen molar-refractivity contribution in [3.63, 3.8) is 0 Å². The smallest absolute Gasteiger partial charge is 0.328 e. The molecule has 1 fully saturated rings. The highest BCUT2D eigenvalue weighted by Gasteiger charge is 2.40. The molecule has 2 aromatic rings. The maximum Gasteiger partial charge on any atom is 0.328 e. The molecule has 1 aliphatic heterocycles. The number of rotatable bonds is 33. The number of aliphatic imine (C=N–C) groups is 1. The van der Waals surface area contributed by atoms with E-state index in [9.17, 15) is 63.3 Å². The zero-order valence-electron chi connectivity index (χ0n) is 46.3. The van der Waals surface area contributed by atoms with Crippen LogP contribution < -0.4 is 59.7 Å². The Morgan fingerprint density at radius 2 is 1.35 bits per heavy atom. The average Bonchev–Trinajstić information content (AvgIpc) is 4.06. The third-order valence-corrected chi connectivity index (χ3v) is 14.1. The number of likely N-dealkylation sites (tertiary alicyclic amines) is 1. The van der Waals surface area contributed by atoms with Gasteiger partial charge in [0.25, 0.3) is 0 Å². The number of carbonyl (C=O) groups is 10. The maximum atomic E-state index is 14.1. The molecule has 0 bridgehead atoms. The number of aliphatic carboxylic acids is 1. The number of benzene rings is 1. The van der Waals surface area contributed by atoms with Crippen LogP contribution in [0.25, 0.3) is 10.9 Å². The van der Waals surface area contributed by atoms with Crippen LogP contribution in [-0.4, -0.2) is 194 Å². The summed E-state index contributed by atoms with van der Waals surface area (Å²) in [7, 11) is 0. The summed E-state index contributed by atoms with van der Waals surface area (Å²) < 4.78 is 0. The number of aromatic amines is 1. The van der Waals surface area contributed by atoms with E-state index in [0.29, 0.717) is 24.2 Å². The van der Waals surface area contributed by atoms with Gasteiger partial charge in [-0.25, -0.2) is 4.79 Å². The van der Waals surface area contributed by atoms with Crippen LogP contribution >= 0.6 is 24.4 Å². The van der Waals surface area contributed by atoms with E-state index in [2.05, 4.69) is 65.1 Å². The molecule has 80 heavy (non-hydrogen) atoms. The minimum Gasteiger partial charge on any atom is -0.480 e. The summed E-state index contributed by atoms with van der Waals surface area (Å²) in [5, 5.41) is 50.8. The summed E-state index contributed by atoms with van der Waals surface area (Å²) in [6.07, 6.45) is 3.35. The van der Waals surface area contributed by atoms with Crippen LogP contribution in [0, 0.1) is 11.8 Å². The van der Waals surface area contributed by atoms with E-state index < -0.39 is 138 Å². The number of fused-ring (bicyclic) bond motifs is 1. The summed E-state index contributed by atoms with van der Waals surface area (Å²) in [5.74, 6) is -9.44. The van der Waals surface area contributed by atoms with Crippen LogP contribution in [0.3, 0.4) is 0 Å². The van der Waals surface area contributed by atoms with Crippen molar-refractivity contribution in [2.45, 2.75) is 153 Å². The Kier molecular flexibility index (Phi) is 28.0. The number of carboxylic acid groups (broad SMARTS) is 1. The van der Waals surface area contributed by atoms with Gasteiger partial charge in [-0.15, -0.1) is 0 Å². The molecule has 1 aliphatic rings. The summed E-state index contributed by atoms with van der Waals surface area (Å²) in [6.45, 7) is 8.76. The van der Waals surface area contributed by atoms with Crippen molar-refractivity contribution >= 4 is 100 Å². The predicted molar refractivity (Wildman–Crippen MR) is 303 cm³/mol. The van der Waals surface area contributed by atoms with Crippen molar-refractivity contribution in [3.8, 4) is 0 Å². The number of carbonyl (C=O) groups excluding carboxylic acids is 9. The Bertz CT molecular complexity index is 2490. The third-order valence-electron chi connectivity index (χ3n) is 13.1. The number of nitrogens with one attached hydrogen (secondary N) is 9. The second kappa shape index (κ2) is 33.2. The molecule has 27 nitrogen and oxygen atoms in total. The lowest BCUT2D eigenvalue weighted by molar-refractivity contribution is -0.145. The van der Waals surface area contributed by atoms with E-state index in [1.54, 1.807) is 40.1 Å². The fourth-order valence-electron chi connectivity index (χ4n) is 8.69. The first-order valence-corrected chi connectivity index (χ1v) is 28.5. The highest BCUT2D eigenvalue weighted by molar-refractivity contribution is 7.98. The fourth-order valence-corrected chi connectivity index (χ4v) is 9.42. The fraction of sp³-hybridized carbons (Fsp3) is 0.627. The van der Waals surface area contributed by atoms with Gasteiger partial charge in [0.15, 0.2) is 12.0 Å². The molecule has 0 spiro atoms. The molecule has 3 rings (SSSR count). The minimum absolute atomic E-state index is 0.0253. The SMILES string of the molecule is CSCC[C@H](NC(=O)[C@@H]1CCCN1C(=O)[C@H](C)NC(=O)[C@H](Cc1c[nH]c2ccccc12)NC(=O)[C@@H](N)CCCN=C(N)N)C(=O)N[C@@H](CO)C(=O)N[C@@H](CS)C(=O)N[C@@H](CC(C)C)C(=O)N[C@H](C(=O)N[C@H](C(=O)O)[C@@H](C)O)C(C)C. The first-order chi connectivity index (χ1) is 37.7. The largest absolute Gasteiger partial charge is 0.480 e. The van der Waals surface area contributed by atoms with Crippen molar-refractivity contribution < 1.29 is 63.3 Å². The van der Waals surface area contributed by atoms with Gasteiger partial charge in [0.1, 0.15) is 48.3 Å². The molecule has 0 radical (unpaired) electrons. The monoisotopic (exact) mass is 1160 g/mol. The number of carboxylic acids is 1. The number of thioether (sulfide) groups is 1. The molecule has 0 aliphatic carbocycles. The van der Waals surface area contributed by atoms with Crippen LogP contribution in [0.1, 0.15) is 85.6 Å². The number of hydrogen-bond donors (Lipinski definition) is 16. The summed E-state index contributed by atoms with van der Waals surface area (Å²) >= 11 is 5.57. The normalized spacial score (nSPS) is 17.0. The summed E-state index contributed by atoms with van der Waals surface area (Å²) in [4.78, 5) is 143. The van der Waals surface area contributed by atoms with Crippen LogP contribution in [0.4, 0.5) is 0 Å². The second-order valence-corrected chi connectivity index (χ2v) is 21.8. The predicted octanol–water partition coefficient (Wildman–Crippen LogP) is -3.18. The molecule has 446 valence electrons. The van der Waals surface area contributed by atoms with E-state index in [1.165, 1.54) is 30.5 Å². The van der Waals surface area contributed by atoms with Crippen molar-refractivity contribution in [2.24, 2.45) is 34.0 Å². The van der Waals surface area contributed by atoms with Crippen molar-refractivity contribution in [1.29, 1.82) is 0 Å². The van der Waals surface area contributed by atoms with Gasteiger partial charge in [0, 0.05) is 42.4 Å². The zero-order valence-corrected chi connectivity index (χ0v) is 48.0. The number of nitrogens with zero attached hydrogens (tertiary/aromatic N) is 2. The average molecular weight is 1160 g/mol. The van der Waals surface area contributed by atoms with Gasteiger partial charge in [-0.2, -0.15) is 24.4 Å². The van der Waals surface area contributed by atoms with E-state index in [1.807, 2.05) is 24.3 Å². The Morgan fingerprint density at radius 1 is 0.762 bits per heavy atom. The number of para-hydroxylation sites is 1. The summed E-state index contributed by atoms with van der Waals surface area (Å²) in [6, 6.07) is -5.69. The number of hydrogen-bond acceptors (Lipinski definition) is 16. The topological polar surface area (TPSA) is 437 Å². The van der Waals surface area contributed by atoms with Gasteiger partial charge in [-0.05, 0) is 87.8 Å². The number of amides is 9. The Labute approximate surface area is 474 Å². The molecule has 2 heterocycles. The number of thiol groups is 1. The minimum atomic E-state index is -1.67. The van der Waals surface area contributed by atoms with Gasteiger partial charge in [0.2, 0.25) is 53.2 Å². The lowest BCUT2D eigenvalue weighted by Gasteiger charge is -2.30. The molecule has 9 amide bonds. The van der Waals surface area contributed by atoms with Gasteiger partial charge in [-0.3, -0.25) is 48.1 Å². The molecular weight excluding hydrogens is 1080 g/mol. The van der Waals surface area contributed by atoms with Crippen molar-refractivity contribution in [3.05, 3.63) is 36.0 Å². The molecule has 1 saturated heterocycles. The molecule has 1 aromatic heterocycles. The zero-order chi connectivity index (χ0) is 60.0. The molecule has 18 N–H and O–H groups in total. The van der Waals surface area contributed by atoms with Crippen LogP contribution in [0.5, 0.6) is 0 Å². The van der Waals surface area contributed by atoms with E-state index >= 15 is 0 Å². The van der Waals surface area contributed by atoms with Crippen LogP contribution in [-0.2, 0) is 54.4 Å². The van der Waals surface area contributed by atoms with Crippen LogP contribution in [0.2, 0.25) is 0 Å². The van der Waals surface area contributed by atoms with E-state index in [-0.39, 0.29) is 62.8 Å². The first-order valence-electron chi connectivity index (χ1n) is 26.5. The van der Waals surface area contributed by atoms with Gasteiger partial charge < -0.3 is 84.9 Å². The number of aromatic nitrogens is 1. The molecule has 29 heteroatoms. The van der Waals surface area contributed by atoms with Crippen molar-refractivity contribution in [1.82, 2.24) is 52.4 Å². The highest BCUT2D eigenvalue weighted by Crippen LogP contribution is 2.22. The van der Waals surface area contributed by atoms with Crippen LogP contribution in [0.15, 0.2) is 35.5 Å². The molecule has 0 unspecified atom stereocenters. The standard InChI is InChI=1S/C51H82N14O13S2/c1-25(2)20-34(44(71)63-39(26(3)4)48(75)64-40(28(6)67)50(77)78)60-46(73)37(24-79)62-45(72)36(23-66)61-42(69)33(16-19-80-7)58-47(74)38-15-11-18-65(38)49(76)27(5)57-43(70)35(21-29-22-56-32-14-9-8-12-30(29)32)59-41(68)31(52)13-10-17-55-51(53)54/h8-9,12,14,22,25-28,31,33-40,56,66-67,79H,10-11,13,15-21,23-24,52H2,1-7H3,(H,57,70)(H,58,74)(H,59,68)(H,60,73)(H,61,69)(H,62,72)(H,63,71)(H,64,75)(H,77,78)(H4,53,54,55)/t27-,28+,31-,33-,34-,35-,36-,37-,38-,39-,40-/m0/s1.